The Morgan fingerprint density at radius 3 is 2.71 bits per heavy atom. The molecule has 0 amide bonds. The smallest absolute Gasteiger partial charge is 0.190 e. The van der Waals surface area contributed by atoms with E-state index in [4.69, 9.17) is 4.42 Å². The first-order valence-corrected chi connectivity index (χ1v) is 6.19. The topological polar surface area (TPSA) is 49.6 Å². The second kappa shape index (κ2) is 7.76. The first-order chi connectivity index (χ1) is 8.22. The molecule has 4 nitrogen and oxygen atoms in total. The first-order valence-electron chi connectivity index (χ1n) is 6.19. The zero-order valence-corrected chi connectivity index (χ0v) is 11.0. The van der Waals surface area contributed by atoms with Gasteiger partial charge in [-0.2, -0.15) is 0 Å². The lowest BCUT2D eigenvalue weighted by atomic mass is 10.1. The molecule has 1 rings (SSSR count). The zero-order chi connectivity index (χ0) is 12.5. The summed E-state index contributed by atoms with van der Waals surface area (Å²) < 4.78 is 5.26. The lowest BCUT2D eigenvalue weighted by molar-refractivity contribution is 0.506. The number of rotatable bonds is 6. The lowest BCUT2D eigenvalue weighted by Gasteiger charge is -2.12. The molecule has 0 spiro atoms. The maximum atomic E-state index is 5.26. The summed E-state index contributed by atoms with van der Waals surface area (Å²) in [6.45, 7) is 6.22. The van der Waals surface area contributed by atoms with E-state index in [1.165, 1.54) is 0 Å². The predicted octanol–water partition coefficient (Wildman–Crippen LogP) is 2.03. The van der Waals surface area contributed by atoms with E-state index >= 15 is 0 Å². The van der Waals surface area contributed by atoms with Crippen molar-refractivity contribution >= 4 is 5.96 Å². The van der Waals surface area contributed by atoms with E-state index in [0.29, 0.717) is 5.92 Å². The van der Waals surface area contributed by atoms with Crippen molar-refractivity contribution in [3.8, 4) is 0 Å². The molecule has 0 aliphatic heterocycles. The molecule has 2 N–H and O–H groups in total. The molecule has 0 aliphatic rings. The summed E-state index contributed by atoms with van der Waals surface area (Å²) in [5.74, 6) is 2.57. The maximum Gasteiger partial charge on any atom is 0.190 e. The molecule has 1 aromatic rings. The summed E-state index contributed by atoms with van der Waals surface area (Å²) in [4.78, 5) is 4.17. The molecule has 0 unspecified atom stereocenters. The van der Waals surface area contributed by atoms with Gasteiger partial charge in [0.2, 0.25) is 0 Å². The highest BCUT2D eigenvalue weighted by Gasteiger charge is 1.99. The van der Waals surface area contributed by atoms with Crippen LogP contribution in [0.2, 0.25) is 0 Å². The van der Waals surface area contributed by atoms with Crippen molar-refractivity contribution in [2.75, 3.05) is 20.1 Å². The Morgan fingerprint density at radius 2 is 2.12 bits per heavy atom. The molecule has 1 aromatic heterocycles. The minimum atomic E-state index is 0.712. The molecule has 0 bridgehead atoms. The molecule has 4 heteroatoms. The normalized spacial score (nSPS) is 11.9. The third-order valence-electron chi connectivity index (χ3n) is 2.48. The van der Waals surface area contributed by atoms with Crippen LogP contribution in [0.5, 0.6) is 0 Å². The Kier molecular flexibility index (Phi) is 6.22. The van der Waals surface area contributed by atoms with Crippen LogP contribution in [0.25, 0.3) is 0 Å². The van der Waals surface area contributed by atoms with Crippen molar-refractivity contribution in [2.45, 2.75) is 26.7 Å². The number of aliphatic imine (C=N–C) groups is 1. The van der Waals surface area contributed by atoms with Crippen molar-refractivity contribution in [1.82, 2.24) is 10.6 Å². The highest BCUT2D eigenvalue weighted by molar-refractivity contribution is 5.79. The van der Waals surface area contributed by atoms with Crippen LogP contribution in [-0.4, -0.2) is 26.1 Å². The fraction of sp³-hybridized carbons (Fsp3) is 0.615. The lowest BCUT2D eigenvalue weighted by Crippen LogP contribution is -2.39. The number of guanidine groups is 1. The van der Waals surface area contributed by atoms with Gasteiger partial charge in [-0.15, -0.1) is 0 Å². The quantitative estimate of drug-likeness (QED) is 0.588. The number of nitrogens with zero attached hydrogens (tertiary/aromatic N) is 1. The Morgan fingerprint density at radius 1 is 1.35 bits per heavy atom. The van der Waals surface area contributed by atoms with Crippen LogP contribution < -0.4 is 10.6 Å². The van der Waals surface area contributed by atoms with E-state index in [0.717, 1.165) is 37.7 Å². The van der Waals surface area contributed by atoms with Gasteiger partial charge in [-0.05, 0) is 24.5 Å². The SMILES string of the molecule is CN=C(NCCc1ccco1)NCCC(C)C. The second-order valence-corrected chi connectivity index (χ2v) is 4.44. The summed E-state index contributed by atoms with van der Waals surface area (Å²) in [7, 11) is 1.79. The van der Waals surface area contributed by atoms with Crippen LogP contribution >= 0.6 is 0 Å². The average molecular weight is 237 g/mol. The van der Waals surface area contributed by atoms with Crippen LogP contribution in [-0.2, 0) is 6.42 Å². The van der Waals surface area contributed by atoms with E-state index < -0.39 is 0 Å². The van der Waals surface area contributed by atoms with Gasteiger partial charge in [0.05, 0.1) is 6.26 Å². The zero-order valence-electron chi connectivity index (χ0n) is 11.0. The molecule has 0 aromatic carbocycles. The predicted molar refractivity (Wildman–Crippen MR) is 71.2 cm³/mol. The number of furan rings is 1. The van der Waals surface area contributed by atoms with Crippen LogP contribution in [0.3, 0.4) is 0 Å². The van der Waals surface area contributed by atoms with Crippen LogP contribution in [0.1, 0.15) is 26.0 Å². The Hall–Kier alpha value is -1.45. The summed E-state index contributed by atoms with van der Waals surface area (Å²) >= 11 is 0. The van der Waals surface area contributed by atoms with E-state index in [-0.39, 0.29) is 0 Å². The third-order valence-corrected chi connectivity index (χ3v) is 2.48. The first kappa shape index (κ1) is 13.6. The number of nitrogens with one attached hydrogen (secondary N) is 2. The van der Waals surface area contributed by atoms with Crippen LogP contribution in [0.15, 0.2) is 27.8 Å². The summed E-state index contributed by atoms with van der Waals surface area (Å²) in [6.07, 6.45) is 3.72. The molecule has 1 heterocycles. The Labute approximate surface area is 104 Å². The molecule has 0 aliphatic carbocycles. The van der Waals surface area contributed by atoms with E-state index in [1.54, 1.807) is 13.3 Å². The van der Waals surface area contributed by atoms with Gasteiger partial charge in [-0.25, -0.2) is 0 Å². The van der Waals surface area contributed by atoms with Gasteiger partial charge in [-0.3, -0.25) is 4.99 Å². The maximum absolute atomic E-state index is 5.26. The summed E-state index contributed by atoms with van der Waals surface area (Å²) in [6, 6.07) is 3.89. The Bertz CT molecular complexity index is 317. The third kappa shape index (κ3) is 6.00. The van der Waals surface area contributed by atoms with Gasteiger partial charge in [0.1, 0.15) is 5.76 Å². The molecule has 96 valence electrons. The molecular weight excluding hydrogens is 214 g/mol. The molecule has 17 heavy (non-hydrogen) atoms. The summed E-state index contributed by atoms with van der Waals surface area (Å²) in [5.41, 5.74) is 0. The molecule has 0 saturated heterocycles. The molecule has 0 radical (unpaired) electrons. The van der Waals surface area contributed by atoms with Gasteiger partial charge in [0.25, 0.3) is 0 Å². The average Bonchev–Trinajstić information content (AvgIpc) is 2.79. The van der Waals surface area contributed by atoms with Crippen molar-refractivity contribution < 1.29 is 4.42 Å². The standard InChI is InChI=1S/C13H23N3O/c1-11(2)6-8-15-13(14-3)16-9-7-12-5-4-10-17-12/h4-5,10-11H,6-9H2,1-3H3,(H2,14,15,16). The Balaban J connectivity index is 2.15. The van der Waals surface area contributed by atoms with Gasteiger partial charge in [-0.1, -0.05) is 13.8 Å². The largest absolute Gasteiger partial charge is 0.469 e. The summed E-state index contributed by atoms with van der Waals surface area (Å²) in [5, 5.41) is 6.55. The van der Waals surface area contributed by atoms with E-state index in [1.807, 2.05) is 12.1 Å². The second-order valence-electron chi connectivity index (χ2n) is 4.44. The van der Waals surface area contributed by atoms with Crippen molar-refractivity contribution in [3.63, 3.8) is 0 Å². The highest BCUT2D eigenvalue weighted by Crippen LogP contribution is 1.99. The van der Waals surface area contributed by atoms with Gasteiger partial charge >= 0.3 is 0 Å². The van der Waals surface area contributed by atoms with Crippen molar-refractivity contribution in [3.05, 3.63) is 24.2 Å². The monoisotopic (exact) mass is 237 g/mol. The molecule has 0 atom stereocenters. The van der Waals surface area contributed by atoms with Gasteiger partial charge < -0.3 is 15.1 Å². The van der Waals surface area contributed by atoms with Gasteiger partial charge in [0, 0.05) is 26.6 Å². The molecular formula is C13H23N3O. The van der Waals surface area contributed by atoms with E-state index in [2.05, 4.69) is 29.5 Å². The van der Waals surface area contributed by atoms with Crippen LogP contribution in [0, 0.1) is 5.92 Å². The number of hydrogen-bond acceptors (Lipinski definition) is 2. The molecule has 0 fully saturated rings. The van der Waals surface area contributed by atoms with Crippen LogP contribution in [0.4, 0.5) is 0 Å². The number of hydrogen-bond donors (Lipinski definition) is 2. The van der Waals surface area contributed by atoms with Gasteiger partial charge in [0.15, 0.2) is 5.96 Å². The fourth-order valence-corrected chi connectivity index (χ4v) is 1.46. The molecule has 0 saturated carbocycles. The van der Waals surface area contributed by atoms with Crippen molar-refractivity contribution in [1.29, 1.82) is 0 Å². The highest BCUT2D eigenvalue weighted by atomic mass is 16.3. The minimum Gasteiger partial charge on any atom is -0.469 e. The van der Waals surface area contributed by atoms with E-state index in [9.17, 15) is 0 Å². The minimum absolute atomic E-state index is 0.712. The van der Waals surface area contributed by atoms with Crippen molar-refractivity contribution in [2.24, 2.45) is 10.9 Å². The fourth-order valence-electron chi connectivity index (χ4n) is 1.46.